The fourth-order valence-corrected chi connectivity index (χ4v) is 1.64. The molecule has 1 aromatic rings. The van der Waals surface area contributed by atoms with Gasteiger partial charge in [0.2, 0.25) is 5.91 Å². The maximum absolute atomic E-state index is 11.2. The van der Waals surface area contributed by atoms with Crippen molar-refractivity contribution in [1.82, 2.24) is 0 Å². The highest BCUT2D eigenvalue weighted by atomic mass is 16.5. The van der Waals surface area contributed by atoms with Gasteiger partial charge in [0.15, 0.2) is 0 Å². The summed E-state index contributed by atoms with van der Waals surface area (Å²) in [6.45, 7) is 0. The van der Waals surface area contributed by atoms with Crippen LogP contribution in [0.5, 0.6) is 0 Å². The van der Waals surface area contributed by atoms with E-state index in [2.05, 4.69) is 5.32 Å². The number of carbonyl (C=O) groups is 1. The molecule has 0 unspecified atom stereocenters. The van der Waals surface area contributed by atoms with Gasteiger partial charge in [0.25, 0.3) is 0 Å². The summed E-state index contributed by atoms with van der Waals surface area (Å²) in [6, 6.07) is 6.03. The largest absolute Gasteiger partial charge is 0.504 e. The topological polar surface area (TPSA) is 38.3 Å². The lowest BCUT2D eigenvalue weighted by molar-refractivity contribution is -0.116. The van der Waals surface area contributed by atoms with E-state index in [9.17, 15) is 4.79 Å². The molecule has 0 spiro atoms. The number of rotatable bonds is 2. The van der Waals surface area contributed by atoms with Crippen LogP contribution in [0.1, 0.15) is 17.5 Å². The minimum absolute atomic E-state index is 0.0929. The first-order valence-electron chi connectivity index (χ1n) is 4.92. The van der Waals surface area contributed by atoms with Gasteiger partial charge < -0.3 is 10.1 Å². The van der Waals surface area contributed by atoms with Crippen LogP contribution in [0.3, 0.4) is 0 Å². The minimum Gasteiger partial charge on any atom is -0.504 e. The van der Waals surface area contributed by atoms with Gasteiger partial charge in [-0.2, -0.15) is 0 Å². The van der Waals surface area contributed by atoms with E-state index in [1.165, 1.54) is 5.56 Å². The number of benzene rings is 1. The first kappa shape index (κ1) is 9.77. The van der Waals surface area contributed by atoms with Gasteiger partial charge >= 0.3 is 0 Å². The van der Waals surface area contributed by atoms with Crippen molar-refractivity contribution >= 4 is 17.7 Å². The molecule has 0 saturated carbocycles. The van der Waals surface area contributed by atoms with Crippen LogP contribution in [0.4, 0.5) is 5.69 Å². The lowest BCUT2D eigenvalue weighted by atomic mass is 10.0. The molecule has 2 rings (SSSR count). The number of hydrogen-bond donors (Lipinski definition) is 1. The highest BCUT2D eigenvalue weighted by Gasteiger charge is 2.13. The molecular weight excluding hydrogens is 190 g/mol. The summed E-state index contributed by atoms with van der Waals surface area (Å²) in [4.78, 5) is 11.2. The summed E-state index contributed by atoms with van der Waals surface area (Å²) in [5.74, 6) is 0.0929. The SMILES string of the molecule is CO/C=C/c1ccc2c(c1)NC(=O)CC2. The highest BCUT2D eigenvalue weighted by molar-refractivity contribution is 5.94. The number of hydrogen-bond acceptors (Lipinski definition) is 2. The summed E-state index contributed by atoms with van der Waals surface area (Å²) in [7, 11) is 1.61. The van der Waals surface area contributed by atoms with Gasteiger partial charge in [0.1, 0.15) is 0 Å². The molecule has 1 aliphatic heterocycles. The zero-order chi connectivity index (χ0) is 10.7. The van der Waals surface area contributed by atoms with E-state index in [4.69, 9.17) is 4.74 Å². The smallest absolute Gasteiger partial charge is 0.224 e. The molecule has 3 heteroatoms. The molecule has 1 heterocycles. The molecule has 0 radical (unpaired) electrons. The third-order valence-corrected chi connectivity index (χ3v) is 2.43. The Morgan fingerprint density at radius 3 is 3.07 bits per heavy atom. The number of amides is 1. The molecule has 0 fully saturated rings. The maximum Gasteiger partial charge on any atom is 0.224 e. The van der Waals surface area contributed by atoms with Crippen LogP contribution in [0.15, 0.2) is 24.5 Å². The van der Waals surface area contributed by atoms with Crippen molar-refractivity contribution in [3.05, 3.63) is 35.6 Å². The standard InChI is InChI=1S/C12H13NO2/c1-15-7-6-9-2-3-10-4-5-12(14)13-11(10)8-9/h2-3,6-8H,4-5H2,1H3,(H,13,14)/b7-6+. The fourth-order valence-electron chi connectivity index (χ4n) is 1.64. The van der Waals surface area contributed by atoms with Crippen molar-refractivity contribution in [2.45, 2.75) is 12.8 Å². The van der Waals surface area contributed by atoms with Crippen molar-refractivity contribution in [2.24, 2.45) is 0 Å². The van der Waals surface area contributed by atoms with E-state index < -0.39 is 0 Å². The van der Waals surface area contributed by atoms with Gasteiger partial charge in [-0.05, 0) is 29.7 Å². The van der Waals surface area contributed by atoms with Crippen LogP contribution in [0.2, 0.25) is 0 Å². The molecule has 3 nitrogen and oxygen atoms in total. The van der Waals surface area contributed by atoms with Crippen LogP contribution in [0.25, 0.3) is 6.08 Å². The van der Waals surface area contributed by atoms with Crippen molar-refractivity contribution in [3.8, 4) is 0 Å². The Labute approximate surface area is 88.8 Å². The van der Waals surface area contributed by atoms with Crippen LogP contribution >= 0.6 is 0 Å². The molecule has 1 amide bonds. The van der Waals surface area contributed by atoms with E-state index in [1.807, 2.05) is 24.3 Å². The first-order valence-corrected chi connectivity index (χ1v) is 4.92. The number of aryl methyl sites for hydroxylation is 1. The molecule has 0 aromatic heterocycles. The van der Waals surface area contributed by atoms with Crippen LogP contribution in [-0.4, -0.2) is 13.0 Å². The second kappa shape index (κ2) is 4.17. The van der Waals surface area contributed by atoms with Crippen molar-refractivity contribution in [3.63, 3.8) is 0 Å². The number of fused-ring (bicyclic) bond motifs is 1. The van der Waals surface area contributed by atoms with Gasteiger partial charge in [-0.15, -0.1) is 0 Å². The zero-order valence-electron chi connectivity index (χ0n) is 8.62. The molecule has 1 N–H and O–H groups in total. The monoisotopic (exact) mass is 203 g/mol. The molecular formula is C12H13NO2. The van der Waals surface area contributed by atoms with Gasteiger partial charge in [-0.25, -0.2) is 0 Å². The van der Waals surface area contributed by atoms with E-state index in [0.717, 1.165) is 17.7 Å². The third kappa shape index (κ3) is 2.18. The van der Waals surface area contributed by atoms with Crippen molar-refractivity contribution < 1.29 is 9.53 Å². The second-order valence-electron chi connectivity index (χ2n) is 3.50. The number of methoxy groups -OCH3 is 1. The lowest BCUT2D eigenvalue weighted by Crippen LogP contribution is -2.18. The Kier molecular flexibility index (Phi) is 2.72. The van der Waals surface area contributed by atoms with Crippen LogP contribution in [-0.2, 0) is 16.0 Å². The van der Waals surface area contributed by atoms with Gasteiger partial charge in [0.05, 0.1) is 13.4 Å². The summed E-state index contributed by atoms with van der Waals surface area (Å²) in [5.41, 5.74) is 3.14. The second-order valence-corrected chi connectivity index (χ2v) is 3.50. The molecule has 1 aromatic carbocycles. The number of carbonyl (C=O) groups excluding carboxylic acids is 1. The molecule has 15 heavy (non-hydrogen) atoms. The predicted molar refractivity (Wildman–Crippen MR) is 59.4 cm³/mol. The van der Waals surface area contributed by atoms with Crippen molar-refractivity contribution in [1.29, 1.82) is 0 Å². The molecule has 0 saturated heterocycles. The summed E-state index contributed by atoms with van der Waals surface area (Å²) in [5, 5.41) is 2.86. The zero-order valence-corrected chi connectivity index (χ0v) is 8.62. The fraction of sp³-hybridized carbons (Fsp3) is 0.250. The molecule has 1 aliphatic rings. The van der Waals surface area contributed by atoms with Crippen LogP contribution < -0.4 is 5.32 Å². The number of nitrogens with one attached hydrogen (secondary N) is 1. The predicted octanol–water partition coefficient (Wildman–Crippen LogP) is 2.19. The van der Waals surface area contributed by atoms with Gasteiger partial charge in [0, 0.05) is 12.1 Å². The Morgan fingerprint density at radius 1 is 1.40 bits per heavy atom. The van der Waals surface area contributed by atoms with E-state index in [-0.39, 0.29) is 5.91 Å². The Morgan fingerprint density at radius 2 is 2.27 bits per heavy atom. The van der Waals surface area contributed by atoms with Crippen LogP contribution in [0, 0.1) is 0 Å². The van der Waals surface area contributed by atoms with Gasteiger partial charge in [-0.1, -0.05) is 12.1 Å². The molecule has 78 valence electrons. The first-order chi connectivity index (χ1) is 7.29. The average Bonchev–Trinajstić information content (AvgIpc) is 2.25. The summed E-state index contributed by atoms with van der Waals surface area (Å²) >= 11 is 0. The minimum atomic E-state index is 0.0929. The van der Waals surface area contributed by atoms with Crippen molar-refractivity contribution in [2.75, 3.05) is 12.4 Å². The normalized spacial score (nSPS) is 14.9. The van der Waals surface area contributed by atoms with Gasteiger partial charge in [-0.3, -0.25) is 4.79 Å². The summed E-state index contributed by atoms with van der Waals surface area (Å²) < 4.78 is 4.84. The van der Waals surface area contributed by atoms with E-state index in [0.29, 0.717) is 6.42 Å². The molecule has 0 aliphatic carbocycles. The Hall–Kier alpha value is -1.77. The lowest BCUT2D eigenvalue weighted by Gasteiger charge is -2.16. The average molecular weight is 203 g/mol. The molecule has 0 atom stereocenters. The van der Waals surface area contributed by atoms with E-state index >= 15 is 0 Å². The quantitative estimate of drug-likeness (QED) is 0.748. The highest BCUT2D eigenvalue weighted by Crippen LogP contribution is 2.24. The third-order valence-electron chi connectivity index (χ3n) is 2.43. The Bertz CT molecular complexity index is 410. The summed E-state index contributed by atoms with van der Waals surface area (Å²) in [6.07, 6.45) is 4.89. The number of anilines is 1. The Balaban J connectivity index is 2.28. The van der Waals surface area contributed by atoms with E-state index in [1.54, 1.807) is 13.4 Å². The maximum atomic E-state index is 11.2. The molecule has 0 bridgehead atoms. The number of ether oxygens (including phenoxy) is 1.